The normalized spacial score (nSPS) is 22.8. The van der Waals surface area contributed by atoms with Crippen LogP contribution >= 0.6 is 46.6 Å². The van der Waals surface area contributed by atoms with Gasteiger partial charge in [0.05, 0.1) is 5.02 Å². The van der Waals surface area contributed by atoms with Crippen LogP contribution < -0.4 is 5.32 Å². The quantitative estimate of drug-likeness (QED) is 0.715. The summed E-state index contributed by atoms with van der Waals surface area (Å²) in [5.41, 5.74) is 0.668. The second-order valence-electron chi connectivity index (χ2n) is 4.61. The fourth-order valence-electron chi connectivity index (χ4n) is 2.14. The first-order valence-electron chi connectivity index (χ1n) is 6.00. The summed E-state index contributed by atoms with van der Waals surface area (Å²) in [6, 6.07) is 6.00. The number of benzene rings is 1. The average Bonchev–Trinajstić information content (AvgIpc) is 2.35. The first-order valence-corrected chi connectivity index (χ1v) is 7.46. The Bertz CT molecular complexity index is 470. The largest absolute Gasteiger partial charge is 0.333 e. The number of halogens is 3. The van der Waals surface area contributed by atoms with Crippen molar-refractivity contribution in [2.75, 3.05) is 13.1 Å². The van der Waals surface area contributed by atoms with Crippen LogP contribution in [-0.4, -0.2) is 36.0 Å². The van der Waals surface area contributed by atoms with Crippen LogP contribution in [0.15, 0.2) is 18.2 Å². The zero-order valence-corrected chi connectivity index (χ0v) is 14.6. The van der Waals surface area contributed by atoms with Gasteiger partial charge in [0.1, 0.15) is 0 Å². The second-order valence-corrected chi connectivity index (χ2v) is 6.18. The molecule has 106 valence electrons. The maximum atomic E-state index is 12.5. The zero-order chi connectivity index (χ0) is 13.3. The van der Waals surface area contributed by atoms with Gasteiger partial charge >= 0.3 is 0 Å². The highest BCUT2D eigenvalue weighted by Crippen LogP contribution is 2.21. The van der Waals surface area contributed by atoms with Crippen LogP contribution in [0.4, 0.5) is 0 Å². The molecule has 2 rings (SSSR count). The lowest BCUT2D eigenvalue weighted by Gasteiger charge is -2.38. The summed E-state index contributed by atoms with van der Waals surface area (Å²) in [6.07, 6.45) is 0. The van der Waals surface area contributed by atoms with Crippen molar-refractivity contribution in [3.05, 3.63) is 32.4 Å². The number of nitrogens with one attached hydrogen (secondary N) is 1. The van der Waals surface area contributed by atoms with Gasteiger partial charge in [-0.1, -0.05) is 11.6 Å². The molecule has 0 bridgehead atoms. The second kappa shape index (κ2) is 7.11. The van der Waals surface area contributed by atoms with E-state index < -0.39 is 0 Å². The smallest absolute Gasteiger partial charge is 0.254 e. The van der Waals surface area contributed by atoms with E-state index in [1.807, 2.05) is 17.0 Å². The molecule has 6 heteroatoms. The molecule has 1 N–H and O–H groups in total. The molecule has 1 aromatic rings. The van der Waals surface area contributed by atoms with Crippen molar-refractivity contribution < 1.29 is 4.79 Å². The van der Waals surface area contributed by atoms with Crippen LogP contribution in [0.3, 0.4) is 0 Å². The third kappa shape index (κ3) is 3.74. The number of hydrogen-bond acceptors (Lipinski definition) is 2. The van der Waals surface area contributed by atoms with Crippen LogP contribution in [0.1, 0.15) is 24.2 Å². The minimum atomic E-state index is 0. The Kier molecular flexibility index (Phi) is 6.36. The van der Waals surface area contributed by atoms with Crippen molar-refractivity contribution in [3.8, 4) is 0 Å². The van der Waals surface area contributed by atoms with Crippen LogP contribution in [0, 0.1) is 3.57 Å². The lowest BCUT2D eigenvalue weighted by Crippen LogP contribution is -2.57. The van der Waals surface area contributed by atoms with Gasteiger partial charge in [-0.15, -0.1) is 12.4 Å². The Morgan fingerprint density at radius 2 is 2.16 bits per heavy atom. The molecule has 1 fully saturated rings. The molecule has 1 aliphatic rings. The van der Waals surface area contributed by atoms with Crippen LogP contribution in [0.5, 0.6) is 0 Å². The molecule has 19 heavy (non-hydrogen) atoms. The van der Waals surface area contributed by atoms with Crippen molar-refractivity contribution >= 4 is 52.5 Å². The van der Waals surface area contributed by atoms with Gasteiger partial charge in [-0.2, -0.15) is 0 Å². The summed E-state index contributed by atoms with van der Waals surface area (Å²) < 4.78 is 0.965. The molecule has 0 spiro atoms. The third-order valence-corrected chi connectivity index (χ3v) is 5.03. The van der Waals surface area contributed by atoms with Gasteiger partial charge in [0.2, 0.25) is 0 Å². The van der Waals surface area contributed by atoms with E-state index in [9.17, 15) is 4.79 Å². The van der Waals surface area contributed by atoms with Crippen molar-refractivity contribution in [2.24, 2.45) is 0 Å². The number of rotatable bonds is 1. The number of hydrogen-bond donors (Lipinski definition) is 1. The van der Waals surface area contributed by atoms with E-state index in [1.54, 1.807) is 6.07 Å². The highest BCUT2D eigenvalue weighted by molar-refractivity contribution is 14.1. The Hall–Kier alpha value is -0.0400. The van der Waals surface area contributed by atoms with E-state index in [-0.39, 0.29) is 24.4 Å². The standard InChI is InChI=1S/C13H16ClIN2O.ClH/c1-8-9(2)17(6-5-16-8)13(18)10-3-4-12(15)11(14)7-10;/h3-4,7-9,16H,5-6H2,1-2H3;1H. The van der Waals surface area contributed by atoms with Gasteiger partial charge in [0, 0.05) is 34.3 Å². The topological polar surface area (TPSA) is 32.3 Å². The summed E-state index contributed by atoms with van der Waals surface area (Å²) in [7, 11) is 0. The Morgan fingerprint density at radius 1 is 1.47 bits per heavy atom. The van der Waals surface area contributed by atoms with E-state index >= 15 is 0 Å². The zero-order valence-electron chi connectivity index (χ0n) is 10.8. The van der Waals surface area contributed by atoms with Crippen molar-refractivity contribution in [1.82, 2.24) is 10.2 Å². The molecule has 0 aromatic heterocycles. The molecule has 0 saturated carbocycles. The Morgan fingerprint density at radius 3 is 2.79 bits per heavy atom. The van der Waals surface area contributed by atoms with E-state index in [0.717, 1.165) is 16.7 Å². The minimum Gasteiger partial charge on any atom is -0.333 e. The van der Waals surface area contributed by atoms with Crippen LogP contribution in [0.2, 0.25) is 5.02 Å². The molecule has 2 unspecified atom stereocenters. The van der Waals surface area contributed by atoms with Crippen molar-refractivity contribution in [3.63, 3.8) is 0 Å². The van der Waals surface area contributed by atoms with Crippen molar-refractivity contribution in [1.29, 1.82) is 0 Å². The fraction of sp³-hybridized carbons (Fsp3) is 0.462. The first kappa shape index (κ1) is 17.0. The summed E-state index contributed by atoms with van der Waals surface area (Å²) in [6.45, 7) is 5.76. The highest BCUT2D eigenvalue weighted by Gasteiger charge is 2.28. The number of nitrogens with zero attached hydrogens (tertiary/aromatic N) is 1. The maximum absolute atomic E-state index is 12.5. The number of carbonyl (C=O) groups is 1. The minimum absolute atomic E-state index is 0. The van der Waals surface area contributed by atoms with E-state index in [0.29, 0.717) is 16.6 Å². The Labute approximate surface area is 138 Å². The van der Waals surface area contributed by atoms with E-state index in [2.05, 4.69) is 41.8 Å². The summed E-state index contributed by atoms with van der Waals surface area (Å²) >= 11 is 8.23. The number of piperazine rings is 1. The lowest BCUT2D eigenvalue weighted by atomic mass is 10.1. The van der Waals surface area contributed by atoms with E-state index in [4.69, 9.17) is 11.6 Å². The van der Waals surface area contributed by atoms with Gasteiger partial charge in [-0.05, 0) is 54.6 Å². The SMILES string of the molecule is CC1NCCN(C(=O)c2ccc(I)c(Cl)c2)C1C.Cl. The summed E-state index contributed by atoms with van der Waals surface area (Å²) in [5, 5.41) is 4.00. The third-order valence-electron chi connectivity index (χ3n) is 3.46. The Balaban J connectivity index is 0.00000180. The summed E-state index contributed by atoms with van der Waals surface area (Å²) in [5.74, 6) is 0.0640. The molecule has 3 nitrogen and oxygen atoms in total. The monoisotopic (exact) mass is 414 g/mol. The molecule has 2 atom stereocenters. The maximum Gasteiger partial charge on any atom is 0.254 e. The summed E-state index contributed by atoms with van der Waals surface area (Å²) in [4.78, 5) is 14.4. The van der Waals surface area contributed by atoms with Gasteiger partial charge in [-0.3, -0.25) is 4.79 Å². The van der Waals surface area contributed by atoms with Crippen molar-refractivity contribution in [2.45, 2.75) is 25.9 Å². The average molecular weight is 415 g/mol. The predicted molar refractivity (Wildman–Crippen MR) is 89.4 cm³/mol. The number of carbonyl (C=O) groups excluding carboxylic acids is 1. The molecule has 1 aromatic carbocycles. The van der Waals surface area contributed by atoms with Gasteiger partial charge in [0.25, 0.3) is 5.91 Å². The van der Waals surface area contributed by atoms with Gasteiger partial charge < -0.3 is 10.2 Å². The van der Waals surface area contributed by atoms with E-state index in [1.165, 1.54) is 0 Å². The predicted octanol–water partition coefficient (Wildman–Crippen LogP) is 3.19. The molecule has 0 radical (unpaired) electrons. The highest BCUT2D eigenvalue weighted by atomic mass is 127. The first-order chi connectivity index (χ1) is 8.50. The van der Waals surface area contributed by atoms with Crippen LogP contribution in [-0.2, 0) is 0 Å². The molecular weight excluding hydrogens is 398 g/mol. The van der Waals surface area contributed by atoms with Crippen LogP contribution in [0.25, 0.3) is 0 Å². The molecule has 1 aliphatic heterocycles. The molecular formula is C13H17Cl2IN2O. The fourth-order valence-corrected chi connectivity index (χ4v) is 2.65. The number of amides is 1. The molecule has 1 saturated heterocycles. The lowest BCUT2D eigenvalue weighted by molar-refractivity contribution is 0.0603. The molecule has 1 heterocycles. The van der Waals surface area contributed by atoms with Gasteiger partial charge in [-0.25, -0.2) is 0 Å². The molecule has 0 aliphatic carbocycles. The molecule has 1 amide bonds. The van der Waals surface area contributed by atoms with Gasteiger partial charge in [0.15, 0.2) is 0 Å².